The Balaban J connectivity index is 0.978. The molecule has 1 atom stereocenters. The first-order valence-corrected chi connectivity index (χ1v) is 20.3. The molecule has 0 spiro atoms. The van der Waals surface area contributed by atoms with Crippen molar-refractivity contribution >= 4 is 5.70 Å². The zero-order valence-corrected chi connectivity index (χ0v) is 32.9. The van der Waals surface area contributed by atoms with Crippen molar-refractivity contribution in [1.82, 2.24) is 20.3 Å². The highest BCUT2D eigenvalue weighted by atomic mass is 14.9. The third-order valence-corrected chi connectivity index (χ3v) is 11.1. The van der Waals surface area contributed by atoms with Gasteiger partial charge in [-0.25, -0.2) is 4.98 Å². The Bertz CT molecular complexity index is 3010. The molecule has 0 saturated carbocycles. The van der Waals surface area contributed by atoms with Crippen LogP contribution in [0, 0.1) is 0 Å². The Morgan fingerprint density at radius 2 is 0.800 bits per heavy atom. The number of hydrogen-bond acceptors (Lipinski definition) is 4. The Morgan fingerprint density at radius 3 is 1.42 bits per heavy atom. The fourth-order valence-corrected chi connectivity index (χ4v) is 7.98. The summed E-state index contributed by atoms with van der Waals surface area (Å²) in [4.78, 5) is 13.6. The molecule has 0 bridgehead atoms. The van der Waals surface area contributed by atoms with Crippen LogP contribution in [0.4, 0.5) is 0 Å². The number of hydrogen-bond donors (Lipinski definition) is 1. The number of dihydropyridines is 1. The van der Waals surface area contributed by atoms with Crippen molar-refractivity contribution in [2.24, 2.45) is 0 Å². The summed E-state index contributed by atoms with van der Waals surface area (Å²) in [7, 11) is 0. The summed E-state index contributed by atoms with van der Waals surface area (Å²) in [6, 6.07) is 67.2. The highest BCUT2D eigenvalue weighted by molar-refractivity contribution is 5.85. The molecule has 4 heterocycles. The van der Waals surface area contributed by atoms with Crippen LogP contribution in [-0.4, -0.2) is 15.0 Å². The van der Waals surface area contributed by atoms with Crippen LogP contribution >= 0.6 is 0 Å². The van der Waals surface area contributed by atoms with Gasteiger partial charge in [0.25, 0.3) is 0 Å². The predicted molar refractivity (Wildman–Crippen MR) is 247 cm³/mol. The Labute approximate surface area is 351 Å². The van der Waals surface area contributed by atoms with Crippen LogP contribution in [0.5, 0.6) is 0 Å². The molecule has 0 fully saturated rings. The van der Waals surface area contributed by atoms with Crippen molar-refractivity contribution in [2.45, 2.75) is 6.04 Å². The molecule has 4 nitrogen and oxygen atoms in total. The lowest BCUT2D eigenvalue weighted by Gasteiger charge is -2.23. The van der Waals surface area contributed by atoms with Crippen molar-refractivity contribution < 1.29 is 0 Å². The van der Waals surface area contributed by atoms with E-state index < -0.39 is 0 Å². The standard InChI is InChI=1S/C56H40N4/c1-2-12-39(13-3-1)50-34-51(44-18-4-14-40(30-44)42-16-6-20-46(32-42)53-24-8-26-55(59-53)48-22-10-28-57-37-48)36-52(35-50)45-19-5-15-41(31-45)43-17-7-21-47(33-43)54-25-9-27-56(60-54)49-23-11-29-58-38-49/h1-38,53,59H. The van der Waals surface area contributed by atoms with Crippen molar-refractivity contribution in [3.63, 3.8) is 0 Å². The molecule has 1 aliphatic rings. The molecular formula is C56H40N4. The van der Waals surface area contributed by atoms with Crippen LogP contribution in [0.25, 0.3) is 83.8 Å². The summed E-state index contributed by atoms with van der Waals surface area (Å²) >= 11 is 0. The highest BCUT2D eigenvalue weighted by Gasteiger charge is 2.16. The second-order valence-electron chi connectivity index (χ2n) is 15.0. The van der Waals surface area contributed by atoms with Crippen LogP contribution in [0.2, 0.25) is 0 Å². The molecule has 4 heteroatoms. The molecule has 1 unspecified atom stereocenters. The number of aromatic nitrogens is 3. The first-order chi connectivity index (χ1) is 29.7. The molecule has 1 N–H and O–H groups in total. The second kappa shape index (κ2) is 16.5. The van der Waals surface area contributed by atoms with Crippen LogP contribution in [-0.2, 0) is 0 Å². The summed E-state index contributed by atoms with van der Waals surface area (Å²) in [5.74, 6) is 0. The van der Waals surface area contributed by atoms with Gasteiger partial charge in [-0.3, -0.25) is 9.97 Å². The van der Waals surface area contributed by atoms with Crippen LogP contribution < -0.4 is 5.32 Å². The Morgan fingerprint density at radius 1 is 0.350 bits per heavy atom. The van der Waals surface area contributed by atoms with Gasteiger partial charge < -0.3 is 5.32 Å². The highest BCUT2D eigenvalue weighted by Crippen LogP contribution is 2.37. The van der Waals surface area contributed by atoms with Gasteiger partial charge in [0, 0.05) is 47.2 Å². The summed E-state index contributed by atoms with van der Waals surface area (Å²) in [6.07, 6.45) is 13.8. The quantitative estimate of drug-likeness (QED) is 0.159. The zero-order valence-electron chi connectivity index (χ0n) is 32.9. The minimum atomic E-state index is 0.0527. The maximum Gasteiger partial charge on any atom is 0.0725 e. The second-order valence-corrected chi connectivity index (χ2v) is 15.0. The molecule has 1 aliphatic heterocycles. The average molecular weight is 769 g/mol. The fraction of sp³-hybridized carbons (Fsp3) is 0.0179. The SMILES string of the molecule is C1=CC(c2cccc(-c3cccc(-c4cc(-c5ccccc5)cc(-c5cccc(-c6cccc(-c7cccc(-c8cccnc8)n7)c6)c5)c4)c3)c2)NC(c2cccnc2)=C1. The van der Waals surface area contributed by atoms with Gasteiger partial charge in [-0.1, -0.05) is 121 Å². The smallest absolute Gasteiger partial charge is 0.0725 e. The number of nitrogens with one attached hydrogen (secondary N) is 1. The van der Waals surface area contributed by atoms with Crippen LogP contribution in [0.3, 0.4) is 0 Å². The summed E-state index contributed by atoms with van der Waals surface area (Å²) in [6.45, 7) is 0. The van der Waals surface area contributed by atoms with E-state index in [1.165, 1.54) is 38.9 Å². The minimum absolute atomic E-state index is 0.0527. The van der Waals surface area contributed by atoms with Gasteiger partial charge >= 0.3 is 0 Å². The maximum atomic E-state index is 5.00. The molecule has 10 rings (SSSR count). The number of nitrogens with zero attached hydrogens (tertiary/aromatic N) is 3. The molecule has 0 radical (unpaired) electrons. The minimum Gasteiger partial charge on any atom is -0.374 e. The molecule has 3 aromatic heterocycles. The third-order valence-electron chi connectivity index (χ3n) is 11.1. The summed E-state index contributed by atoms with van der Waals surface area (Å²) in [5, 5.41) is 3.71. The number of pyridine rings is 3. The topological polar surface area (TPSA) is 50.7 Å². The molecule has 9 aromatic rings. The van der Waals surface area contributed by atoms with Crippen molar-refractivity contribution in [3.05, 3.63) is 242 Å². The monoisotopic (exact) mass is 768 g/mol. The first kappa shape index (κ1) is 36.4. The van der Waals surface area contributed by atoms with Gasteiger partial charge in [0.15, 0.2) is 0 Å². The van der Waals surface area contributed by atoms with E-state index in [1.54, 1.807) is 12.4 Å². The lowest BCUT2D eigenvalue weighted by Crippen LogP contribution is -2.20. The molecule has 0 aliphatic carbocycles. The van der Waals surface area contributed by atoms with E-state index in [0.29, 0.717) is 0 Å². The first-order valence-electron chi connectivity index (χ1n) is 20.3. The van der Waals surface area contributed by atoms with E-state index in [-0.39, 0.29) is 6.04 Å². The number of benzene rings is 6. The number of allylic oxidation sites excluding steroid dienone is 2. The van der Waals surface area contributed by atoms with Gasteiger partial charge in [-0.05, 0) is 146 Å². The third kappa shape index (κ3) is 7.83. The lowest BCUT2D eigenvalue weighted by molar-refractivity contribution is 0.763. The maximum absolute atomic E-state index is 5.00. The van der Waals surface area contributed by atoms with E-state index in [9.17, 15) is 0 Å². The van der Waals surface area contributed by atoms with Gasteiger partial charge in [0.1, 0.15) is 0 Å². The van der Waals surface area contributed by atoms with Gasteiger partial charge in [0.2, 0.25) is 0 Å². The molecular weight excluding hydrogens is 729 g/mol. The van der Waals surface area contributed by atoms with Gasteiger partial charge in [-0.2, -0.15) is 0 Å². The van der Waals surface area contributed by atoms with E-state index in [2.05, 4.69) is 197 Å². The van der Waals surface area contributed by atoms with Crippen molar-refractivity contribution in [3.8, 4) is 78.1 Å². The molecule has 60 heavy (non-hydrogen) atoms. The molecule has 0 amide bonds. The van der Waals surface area contributed by atoms with Crippen molar-refractivity contribution in [1.29, 1.82) is 0 Å². The average Bonchev–Trinajstić information content (AvgIpc) is 3.35. The van der Waals surface area contributed by atoms with Crippen LogP contribution in [0.15, 0.2) is 231 Å². The number of rotatable bonds is 9. The largest absolute Gasteiger partial charge is 0.374 e. The summed E-state index contributed by atoms with van der Waals surface area (Å²) < 4.78 is 0. The van der Waals surface area contributed by atoms with Gasteiger partial charge in [0.05, 0.1) is 17.4 Å². The summed E-state index contributed by atoms with van der Waals surface area (Å²) in [5.41, 5.74) is 18.9. The Kier molecular flexibility index (Phi) is 10.0. The molecule has 6 aromatic carbocycles. The van der Waals surface area contributed by atoms with Crippen LogP contribution in [0.1, 0.15) is 17.2 Å². The van der Waals surface area contributed by atoms with E-state index in [1.807, 2.05) is 36.7 Å². The van der Waals surface area contributed by atoms with E-state index >= 15 is 0 Å². The molecule has 0 saturated heterocycles. The van der Waals surface area contributed by atoms with E-state index in [0.717, 1.165) is 56.0 Å². The Hall–Kier alpha value is -7.95. The normalized spacial score (nSPS) is 13.3. The predicted octanol–water partition coefficient (Wildman–Crippen LogP) is 13.8. The lowest BCUT2D eigenvalue weighted by atomic mass is 9.90. The molecule has 284 valence electrons. The van der Waals surface area contributed by atoms with E-state index in [4.69, 9.17) is 4.98 Å². The van der Waals surface area contributed by atoms with Crippen molar-refractivity contribution in [2.75, 3.05) is 0 Å². The fourth-order valence-electron chi connectivity index (χ4n) is 7.98. The zero-order chi connectivity index (χ0) is 40.1. The van der Waals surface area contributed by atoms with Gasteiger partial charge in [-0.15, -0.1) is 0 Å².